The van der Waals surface area contributed by atoms with Crippen LogP contribution in [-0.2, 0) is 29.0 Å². The van der Waals surface area contributed by atoms with Crippen molar-refractivity contribution >= 4 is 32.8 Å². The molecule has 8 aromatic rings. The lowest BCUT2D eigenvalue weighted by atomic mass is 9.80. The second-order valence-electron chi connectivity index (χ2n) is 21.4. The molecule has 8 rings (SSSR count). The fraction of sp³-hybridized carbons (Fsp3) is 0.400. The van der Waals surface area contributed by atoms with Gasteiger partial charge in [-0.3, -0.25) is 4.57 Å². The first kappa shape index (κ1) is 39.7. The third kappa shape index (κ3) is 9.81. The van der Waals surface area contributed by atoms with Crippen molar-refractivity contribution < 1.29 is 16.2 Å². The van der Waals surface area contributed by atoms with Crippen molar-refractivity contribution in [1.82, 2.24) is 14.1 Å². The highest BCUT2D eigenvalue weighted by molar-refractivity contribution is 6.11. The molecule has 0 aliphatic rings. The van der Waals surface area contributed by atoms with Crippen LogP contribution in [0.25, 0.3) is 50.0 Å². The average Bonchev–Trinajstić information content (AvgIpc) is 3.82. The Bertz CT molecular complexity index is 3190. The Morgan fingerprint density at radius 3 is 2.08 bits per heavy atom. The minimum absolute atomic E-state index is 0.116. The number of pyridine rings is 1. The number of unbranched alkanes of at least 4 members (excludes halogenated alkanes) is 5. The molecule has 3 heterocycles. The Morgan fingerprint density at radius 1 is 0.677 bits per heavy atom. The molecular formula is C60H73N4O+. The van der Waals surface area contributed by atoms with Crippen LogP contribution in [0.1, 0.15) is 156 Å². The fourth-order valence-electron chi connectivity index (χ4n) is 8.86. The number of hydrogen-bond donors (Lipinski definition) is 0. The Balaban J connectivity index is 1.27. The van der Waals surface area contributed by atoms with Gasteiger partial charge in [0.05, 0.1) is 15.1 Å². The number of aromatic nitrogens is 4. The van der Waals surface area contributed by atoms with E-state index < -0.39 is 17.2 Å². The van der Waals surface area contributed by atoms with E-state index in [9.17, 15) is 6.85 Å². The normalized spacial score (nSPS) is 14.0. The number of benzene rings is 5. The lowest BCUT2D eigenvalue weighted by Crippen LogP contribution is -2.28. The molecule has 5 aromatic carbocycles. The molecule has 0 unspecified atom stereocenters. The summed E-state index contributed by atoms with van der Waals surface area (Å²) >= 11 is 0. The first-order valence-electron chi connectivity index (χ1n) is 26.5. The number of rotatable bonds is 14. The molecule has 0 amide bonds. The molecule has 0 radical (unpaired) electrons. The van der Waals surface area contributed by atoms with E-state index >= 15 is 0 Å². The quantitative estimate of drug-likeness (QED) is 0.0806. The number of fused-ring (bicyclic) bond motifs is 4. The summed E-state index contributed by atoms with van der Waals surface area (Å²) in [7, 11) is 0. The molecule has 0 saturated carbocycles. The first-order chi connectivity index (χ1) is 32.9. The summed E-state index contributed by atoms with van der Waals surface area (Å²) in [5.74, 6) is 1.78. The Hall–Kier alpha value is -5.68. The predicted octanol–water partition coefficient (Wildman–Crippen LogP) is 16.2. The molecule has 0 saturated heterocycles. The highest BCUT2D eigenvalue weighted by Crippen LogP contribution is 2.40. The van der Waals surface area contributed by atoms with E-state index in [0.717, 1.165) is 80.3 Å². The van der Waals surface area contributed by atoms with Crippen LogP contribution in [0.3, 0.4) is 0 Å². The van der Waals surface area contributed by atoms with Gasteiger partial charge >= 0.3 is 0 Å². The van der Waals surface area contributed by atoms with Gasteiger partial charge in [-0.05, 0) is 136 Å². The highest BCUT2D eigenvalue weighted by atomic mass is 16.5. The van der Waals surface area contributed by atoms with Gasteiger partial charge < -0.3 is 4.74 Å². The number of aryl methyl sites for hydroxylation is 1. The predicted molar refractivity (Wildman–Crippen MR) is 275 cm³/mol. The lowest BCUT2D eigenvalue weighted by Gasteiger charge is -2.25. The first-order valence-corrected chi connectivity index (χ1v) is 24.0. The summed E-state index contributed by atoms with van der Waals surface area (Å²) in [4.78, 5) is 4.98. The summed E-state index contributed by atoms with van der Waals surface area (Å²) in [6.45, 7) is 25.0. The second kappa shape index (κ2) is 18.3. The molecular weight excluding hydrogens is 793 g/mol. The molecule has 0 aliphatic carbocycles. The summed E-state index contributed by atoms with van der Waals surface area (Å²) < 4.78 is 60.9. The van der Waals surface area contributed by atoms with Crippen LogP contribution in [0.2, 0.25) is 0 Å². The maximum absolute atomic E-state index is 9.69. The van der Waals surface area contributed by atoms with Gasteiger partial charge in [0.1, 0.15) is 28.7 Å². The van der Waals surface area contributed by atoms with E-state index in [2.05, 4.69) is 73.2 Å². The van der Waals surface area contributed by atoms with Crippen molar-refractivity contribution in [1.29, 1.82) is 0 Å². The fourth-order valence-corrected chi connectivity index (χ4v) is 8.86. The zero-order valence-electron chi connectivity index (χ0n) is 46.0. The van der Waals surface area contributed by atoms with Crippen LogP contribution in [0, 0.1) is 5.92 Å². The summed E-state index contributed by atoms with van der Waals surface area (Å²) in [6, 6.07) is 31.4. The topological polar surface area (TPSA) is 35.9 Å². The van der Waals surface area contributed by atoms with E-state index in [4.69, 9.17) is 9.72 Å². The summed E-state index contributed by atoms with van der Waals surface area (Å²) in [5, 5.41) is 1.88. The van der Waals surface area contributed by atoms with Crippen LogP contribution in [0.4, 0.5) is 0 Å². The van der Waals surface area contributed by atoms with Crippen LogP contribution < -0.4 is 9.30 Å². The number of ether oxygens (including phenoxy) is 1. The van der Waals surface area contributed by atoms with Gasteiger partial charge in [-0.15, -0.1) is 0 Å². The summed E-state index contributed by atoms with van der Waals surface area (Å²) in [5.41, 5.74) is 7.98. The van der Waals surface area contributed by atoms with E-state index in [1.165, 1.54) is 25.7 Å². The van der Waals surface area contributed by atoms with Gasteiger partial charge in [0, 0.05) is 31.8 Å². The maximum Gasteiger partial charge on any atom is 0.255 e. The minimum Gasteiger partial charge on any atom is -0.457 e. The largest absolute Gasteiger partial charge is 0.457 e. The van der Waals surface area contributed by atoms with Crippen molar-refractivity contribution in [3.63, 3.8) is 0 Å². The number of nitrogens with zero attached hydrogens (tertiary/aromatic N) is 4. The Labute approximate surface area is 396 Å². The molecule has 5 heteroatoms. The number of imidazole rings is 1. The van der Waals surface area contributed by atoms with Gasteiger partial charge in [0.25, 0.3) is 6.33 Å². The molecule has 65 heavy (non-hydrogen) atoms. The van der Waals surface area contributed by atoms with Crippen LogP contribution in [0.15, 0.2) is 122 Å². The van der Waals surface area contributed by atoms with Gasteiger partial charge in [0.2, 0.25) is 0 Å². The Kier molecular flexibility index (Phi) is 11.2. The van der Waals surface area contributed by atoms with E-state index in [0.29, 0.717) is 28.3 Å². The van der Waals surface area contributed by atoms with Gasteiger partial charge in [-0.2, -0.15) is 9.13 Å². The monoisotopic (exact) mass is 871 g/mol. The zero-order chi connectivity index (χ0) is 50.7. The molecule has 0 bridgehead atoms. The van der Waals surface area contributed by atoms with Crippen LogP contribution >= 0.6 is 0 Å². The third-order valence-electron chi connectivity index (χ3n) is 12.5. The maximum atomic E-state index is 9.69. The Morgan fingerprint density at radius 2 is 1.37 bits per heavy atom. The van der Waals surface area contributed by atoms with E-state index in [1.54, 1.807) is 0 Å². The molecule has 5 nitrogen and oxygen atoms in total. The van der Waals surface area contributed by atoms with Gasteiger partial charge in [-0.1, -0.05) is 145 Å². The van der Waals surface area contributed by atoms with E-state index in [1.807, 2.05) is 127 Å². The number of para-hydroxylation sites is 2. The van der Waals surface area contributed by atoms with Crippen LogP contribution in [0.5, 0.6) is 11.5 Å². The van der Waals surface area contributed by atoms with Crippen molar-refractivity contribution in [2.45, 2.75) is 151 Å². The zero-order valence-corrected chi connectivity index (χ0v) is 41.0. The van der Waals surface area contributed by atoms with E-state index in [-0.39, 0.29) is 29.5 Å². The van der Waals surface area contributed by atoms with Crippen molar-refractivity contribution in [2.75, 3.05) is 0 Å². The van der Waals surface area contributed by atoms with Crippen molar-refractivity contribution in [3.8, 4) is 28.7 Å². The molecule has 3 aromatic heterocycles. The average molecular weight is 871 g/mol. The lowest BCUT2D eigenvalue weighted by molar-refractivity contribution is -0.567. The SMILES string of the molecule is [2H]c1c(-n2c[n+](-c3cccc(Oc4ccc5c6c(C([2H])([2H])C(C)C)c(CCCCCCCC)ccc6n(-c6cc(C(C)(C)C)ccn6)c5c4)c3)c3ccccc32)c([2H])c(C(C)(C)C)c([2H])c1C(C)(C)C. The molecule has 0 spiro atoms. The molecule has 0 fully saturated rings. The molecule has 0 aliphatic heterocycles. The molecule has 0 N–H and O–H groups in total. The van der Waals surface area contributed by atoms with Crippen LogP contribution in [-0.4, -0.2) is 14.1 Å². The van der Waals surface area contributed by atoms with Gasteiger partial charge in [0.15, 0.2) is 11.0 Å². The van der Waals surface area contributed by atoms with Crippen molar-refractivity contribution in [2.24, 2.45) is 5.92 Å². The molecule has 0 atom stereocenters. The highest BCUT2D eigenvalue weighted by Gasteiger charge is 2.26. The standard InChI is InChI=1S/C60H73N4O/c1-13-14-15-16-17-18-22-42-27-30-54-57(51(42)33-41(2)3)50-29-28-49(39-55(50)64(54)56-37-43(31-32-61-56)58(4,5)6)65-48-24-21-23-46(38-48)62-40-63(53-26-20-19-25-52(53)62)47-35-44(59(7,8)9)34-45(36-47)60(10,11)12/h19-21,23-32,34-41H,13-18,22,33H2,1-12H3/q+1/i33D2,34D,35D,36D. The van der Waals surface area contributed by atoms with Gasteiger partial charge in [-0.25, -0.2) is 4.98 Å². The number of hydrogen-bond acceptors (Lipinski definition) is 2. The summed E-state index contributed by atoms with van der Waals surface area (Å²) in [6.07, 6.45) is 10.1. The van der Waals surface area contributed by atoms with Crippen molar-refractivity contribution in [3.05, 3.63) is 149 Å². The minimum atomic E-state index is -1.59. The smallest absolute Gasteiger partial charge is 0.255 e. The second-order valence-corrected chi connectivity index (χ2v) is 21.4. The molecule has 338 valence electrons. The third-order valence-corrected chi connectivity index (χ3v) is 12.5.